The van der Waals surface area contributed by atoms with Crippen LogP contribution >= 0.6 is 0 Å². The van der Waals surface area contributed by atoms with Gasteiger partial charge in [0.1, 0.15) is 5.82 Å². The number of carbonyl (C=O) groups is 1. The number of rotatable bonds is 3. The fourth-order valence-corrected chi connectivity index (χ4v) is 2.86. The van der Waals surface area contributed by atoms with Crippen molar-refractivity contribution in [2.24, 2.45) is 0 Å². The van der Waals surface area contributed by atoms with Crippen molar-refractivity contribution in [3.05, 3.63) is 69.9 Å². The number of nitrogens with zero attached hydrogens (tertiary/aromatic N) is 3. The SMILES string of the molecule is Cc1cc(=O)[nH]c(-n2nc(C)cc2NC(=O)c2c[nH]c3ccccc23)n1. The van der Waals surface area contributed by atoms with Gasteiger partial charge in [0.25, 0.3) is 11.5 Å². The minimum atomic E-state index is -0.283. The maximum Gasteiger partial charge on any atom is 0.258 e. The number of aromatic amines is 2. The number of H-pyrrole nitrogens is 2. The molecule has 0 aliphatic carbocycles. The summed E-state index contributed by atoms with van der Waals surface area (Å²) in [6, 6.07) is 10.7. The number of carbonyl (C=O) groups excluding carboxylic acids is 1. The van der Waals surface area contributed by atoms with E-state index in [4.69, 9.17) is 0 Å². The molecule has 8 nitrogen and oxygen atoms in total. The molecule has 3 heterocycles. The van der Waals surface area contributed by atoms with E-state index in [0.29, 0.717) is 22.8 Å². The van der Waals surface area contributed by atoms with Crippen molar-refractivity contribution in [2.45, 2.75) is 13.8 Å². The predicted octanol–water partition coefficient (Wildman–Crippen LogP) is 2.31. The fourth-order valence-electron chi connectivity index (χ4n) is 2.86. The summed E-state index contributed by atoms with van der Waals surface area (Å²) in [5.74, 6) is 0.391. The summed E-state index contributed by atoms with van der Waals surface area (Å²) in [5, 5.41) is 7.99. The van der Waals surface area contributed by atoms with Crippen LogP contribution in [0.5, 0.6) is 0 Å². The Morgan fingerprint density at radius 2 is 1.96 bits per heavy atom. The summed E-state index contributed by atoms with van der Waals surface area (Å²) in [6.45, 7) is 3.52. The number of hydrogen-bond donors (Lipinski definition) is 3. The van der Waals surface area contributed by atoms with E-state index >= 15 is 0 Å². The molecule has 0 radical (unpaired) electrons. The molecule has 8 heteroatoms. The first-order valence-corrected chi connectivity index (χ1v) is 8.04. The Morgan fingerprint density at radius 3 is 2.77 bits per heavy atom. The van der Waals surface area contributed by atoms with Gasteiger partial charge in [0, 0.05) is 34.9 Å². The van der Waals surface area contributed by atoms with E-state index in [1.807, 2.05) is 24.3 Å². The largest absolute Gasteiger partial charge is 0.360 e. The number of anilines is 1. The highest BCUT2D eigenvalue weighted by Crippen LogP contribution is 2.20. The second-order valence-electron chi connectivity index (χ2n) is 6.00. The molecule has 26 heavy (non-hydrogen) atoms. The second kappa shape index (κ2) is 5.99. The van der Waals surface area contributed by atoms with Crippen LogP contribution in [-0.2, 0) is 0 Å². The standard InChI is InChI=1S/C18H16N6O2/c1-10-8-16(25)22-18(20-10)24-15(7-11(2)23-24)21-17(26)13-9-19-14-6-4-3-5-12(13)14/h3-9,19H,1-2H3,(H,21,26)(H,20,22,25). The highest BCUT2D eigenvalue weighted by atomic mass is 16.2. The van der Waals surface area contributed by atoms with Gasteiger partial charge in [0.05, 0.1) is 11.3 Å². The van der Waals surface area contributed by atoms with Crippen molar-refractivity contribution in [1.82, 2.24) is 24.7 Å². The molecule has 0 aliphatic rings. The Morgan fingerprint density at radius 1 is 1.15 bits per heavy atom. The Balaban J connectivity index is 1.73. The van der Waals surface area contributed by atoms with Crippen LogP contribution < -0.4 is 10.9 Å². The van der Waals surface area contributed by atoms with Crippen molar-refractivity contribution in [3.8, 4) is 5.95 Å². The summed E-state index contributed by atoms with van der Waals surface area (Å²) in [5.41, 5.74) is 2.37. The van der Waals surface area contributed by atoms with Gasteiger partial charge < -0.3 is 10.3 Å². The smallest absolute Gasteiger partial charge is 0.258 e. The van der Waals surface area contributed by atoms with E-state index in [1.54, 1.807) is 26.1 Å². The molecule has 0 bridgehead atoms. The summed E-state index contributed by atoms with van der Waals surface area (Å²) < 4.78 is 1.41. The number of benzene rings is 1. The lowest BCUT2D eigenvalue weighted by atomic mass is 10.1. The Bertz CT molecular complexity index is 1180. The molecule has 0 aliphatic heterocycles. The maximum absolute atomic E-state index is 12.8. The number of aryl methyl sites for hydroxylation is 2. The molecule has 0 saturated heterocycles. The summed E-state index contributed by atoms with van der Waals surface area (Å²) in [4.78, 5) is 34.5. The quantitative estimate of drug-likeness (QED) is 0.528. The second-order valence-corrected chi connectivity index (χ2v) is 6.00. The van der Waals surface area contributed by atoms with E-state index in [9.17, 15) is 9.59 Å². The highest BCUT2D eigenvalue weighted by molar-refractivity contribution is 6.12. The molecule has 0 atom stereocenters. The van der Waals surface area contributed by atoms with Gasteiger partial charge in [0.15, 0.2) is 0 Å². The van der Waals surface area contributed by atoms with E-state index in [2.05, 4.69) is 25.4 Å². The molecule has 4 rings (SSSR count). The van der Waals surface area contributed by atoms with Crippen molar-refractivity contribution in [2.75, 3.05) is 5.32 Å². The molecule has 4 aromatic rings. The number of aromatic nitrogens is 5. The molecule has 3 N–H and O–H groups in total. The first-order chi connectivity index (χ1) is 12.5. The number of para-hydroxylation sites is 1. The first kappa shape index (κ1) is 15.8. The molecule has 1 aromatic carbocycles. The topological polar surface area (TPSA) is 108 Å². The van der Waals surface area contributed by atoms with Crippen molar-refractivity contribution in [1.29, 1.82) is 0 Å². The molecular formula is C18H16N6O2. The maximum atomic E-state index is 12.8. The Kier molecular flexibility index (Phi) is 3.65. The van der Waals surface area contributed by atoms with E-state index in [0.717, 1.165) is 10.9 Å². The Labute approximate surface area is 147 Å². The van der Waals surface area contributed by atoms with Crippen LogP contribution in [0.15, 0.2) is 47.4 Å². The van der Waals surface area contributed by atoms with E-state index in [1.165, 1.54) is 10.7 Å². The van der Waals surface area contributed by atoms with Gasteiger partial charge in [-0.15, -0.1) is 0 Å². The van der Waals surface area contributed by atoms with Crippen LogP contribution in [-0.4, -0.2) is 30.6 Å². The zero-order valence-corrected chi connectivity index (χ0v) is 14.2. The number of hydrogen-bond acceptors (Lipinski definition) is 4. The van der Waals surface area contributed by atoms with Crippen LogP contribution in [0.3, 0.4) is 0 Å². The molecule has 3 aromatic heterocycles. The zero-order valence-electron chi connectivity index (χ0n) is 14.2. The Hall–Kier alpha value is -3.68. The lowest BCUT2D eigenvalue weighted by molar-refractivity contribution is 0.102. The van der Waals surface area contributed by atoms with Gasteiger partial charge >= 0.3 is 0 Å². The average molecular weight is 348 g/mol. The molecule has 0 saturated carbocycles. The summed E-state index contributed by atoms with van der Waals surface area (Å²) in [6.07, 6.45) is 1.67. The lowest BCUT2D eigenvalue weighted by Gasteiger charge is -2.08. The summed E-state index contributed by atoms with van der Waals surface area (Å²) >= 11 is 0. The third-order valence-electron chi connectivity index (χ3n) is 3.96. The zero-order chi connectivity index (χ0) is 18.3. The van der Waals surface area contributed by atoms with Gasteiger partial charge in [-0.2, -0.15) is 9.78 Å². The van der Waals surface area contributed by atoms with Crippen LogP contribution in [0.25, 0.3) is 16.9 Å². The lowest BCUT2D eigenvalue weighted by Crippen LogP contribution is -2.18. The van der Waals surface area contributed by atoms with E-state index < -0.39 is 0 Å². The highest BCUT2D eigenvalue weighted by Gasteiger charge is 2.16. The molecular weight excluding hydrogens is 332 g/mol. The van der Waals surface area contributed by atoms with Gasteiger partial charge in [-0.3, -0.25) is 14.6 Å². The van der Waals surface area contributed by atoms with Crippen LogP contribution in [0, 0.1) is 13.8 Å². The van der Waals surface area contributed by atoms with E-state index in [-0.39, 0.29) is 17.4 Å². The van der Waals surface area contributed by atoms with Crippen molar-refractivity contribution < 1.29 is 4.79 Å². The third kappa shape index (κ3) is 2.77. The summed E-state index contributed by atoms with van der Waals surface area (Å²) in [7, 11) is 0. The third-order valence-corrected chi connectivity index (χ3v) is 3.96. The predicted molar refractivity (Wildman–Crippen MR) is 97.7 cm³/mol. The van der Waals surface area contributed by atoms with Gasteiger partial charge in [0.2, 0.25) is 5.95 Å². The normalized spacial score (nSPS) is 11.0. The number of nitrogens with one attached hydrogen (secondary N) is 3. The average Bonchev–Trinajstić information content (AvgIpc) is 3.17. The van der Waals surface area contributed by atoms with Crippen LogP contribution in [0.2, 0.25) is 0 Å². The van der Waals surface area contributed by atoms with Crippen LogP contribution in [0.1, 0.15) is 21.7 Å². The monoisotopic (exact) mass is 348 g/mol. The number of fused-ring (bicyclic) bond motifs is 1. The van der Waals surface area contributed by atoms with Crippen molar-refractivity contribution >= 4 is 22.6 Å². The molecule has 0 spiro atoms. The minimum absolute atomic E-state index is 0.248. The first-order valence-electron chi connectivity index (χ1n) is 8.04. The van der Waals surface area contributed by atoms with Gasteiger partial charge in [-0.1, -0.05) is 18.2 Å². The van der Waals surface area contributed by atoms with Gasteiger partial charge in [-0.25, -0.2) is 4.98 Å². The minimum Gasteiger partial charge on any atom is -0.360 e. The molecule has 130 valence electrons. The molecule has 1 amide bonds. The van der Waals surface area contributed by atoms with Gasteiger partial charge in [-0.05, 0) is 19.9 Å². The molecule has 0 fully saturated rings. The fraction of sp³-hybridized carbons (Fsp3) is 0.111. The van der Waals surface area contributed by atoms with Crippen molar-refractivity contribution in [3.63, 3.8) is 0 Å². The number of amides is 1. The van der Waals surface area contributed by atoms with Crippen LogP contribution in [0.4, 0.5) is 5.82 Å². The molecule has 0 unspecified atom stereocenters.